The van der Waals surface area contributed by atoms with Crippen LogP contribution in [0.25, 0.3) is 0 Å². The minimum Gasteiger partial charge on any atom is -0.471 e. The van der Waals surface area contributed by atoms with Crippen molar-refractivity contribution in [3.05, 3.63) is 59.6 Å². The third kappa shape index (κ3) is 5.21. The highest BCUT2D eigenvalue weighted by molar-refractivity contribution is 7.80. The SMILES string of the molecule is CCn1cc(CNC(=S)Nc2cnn(COc3cccc(Cl)c3)c2)cn1. The first-order valence-corrected chi connectivity index (χ1v) is 8.88. The predicted octanol–water partition coefficient (Wildman–Crippen LogP) is 3.28. The van der Waals surface area contributed by atoms with E-state index in [2.05, 4.69) is 20.8 Å². The van der Waals surface area contributed by atoms with E-state index in [1.807, 2.05) is 42.3 Å². The van der Waals surface area contributed by atoms with Gasteiger partial charge in [0.25, 0.3) is 0 Å². The van der Waals surface area contributed by atoms with Gasteiger partial charge in [-0.1, -0.05) is 17.7 Å². The van der Waals surface area contributed by atoms with Gasteiger partial charge in [0.05, 0.1) is 24.3 Å². The molecule has 0 aliphatic carbocycles. The molecule has 1 aromatic carbocycles. The highest BCUT2D eigenvalue weighted by Crippen LogP contribution is 2.17. The van der Waals surface area contributed by atoms with Gasteiger partial charge in [-0.3, -0.25) is 4.68 Å². The second kappa shape index (κ2) is 8.68. The Hall–Kier alpha value is -2.58. The van der Waals surface area contributed by atoms with E-state index in [1.165, 1.54) is 0 Å². The zero-order valence-corrected chi connectivity index (χ0v) is 15.8. The van der Waals surface area contributed by atoms with Crippen LogP contribution in [0.15, 0.2) is 49.1 Å². The van der Waals surface area contributed by atoms with Gasteiger partial charge < -0.3 is 15.4 Å². The van der Waals surface area contributed by atoms with E-state index in [9.17, 15) is 0 Å². The monoisotopic (exact) mass is 390 g/mol. The van der Waals surface area contributed by atoms with E-state index in [0.717, 1.165) is 17.8 Å². The normalized spacial score (nSPS) is 10.5. The number of thiocarbonyl (C=S) groups is 1. The van der Waals surface area contributed by atoms with E-state index < -0.39 is 0 Å². The lowest BCUT2D eigenvalue weighted by Gasteiger charge is -2.08. The van der Waals surface area contributed by atoms with Crippen molar-refractivity contribution in [2.75, 3.05) is 5.32 Å². The van der Waals surface area contributed by atoms with E-state index in [-0.39, 0.29) is 6.73 Å². The lowest BCUT2D eigenvalue weighted by Crippen LogP contribution is -2.27. The molecule has 0 spiro atoms. The summed E-state index contributed by atoms with van der Waals surface area (Å²) in [7, 11) is 0. The Morgan fingerprint density at radius 3 is 2.85 bits per heavy atom. The molecule has 9 heteroatoms. The van der Waals surface area contributed by atoms with E-state index in [4.69, 9.17) is 28.6 Å². The number of nitrogens with zero attached hydrogens (tertiary/aromatic N) is 4. The molecule has 26 heavy (non-hydrogen) atoms. The lowest BCUT2D eigenvalue weighted by atomic mass is 10.3. The van der Waals surface area contributed by atoms with Gasteiger partial charge in [0.2, 0.25) is 0 Å². The van der Waals surface area contributed by atoms with Crippen LogP contribution in [0.5, 0.6) is 5.75 Å². The molecule has 2 heterocycles. The van der Waals surface area contributed by atoms with Crippen LogP contribution in [0.1, 0.15) is 12.5 Å². The summed E-state index contributed by atoms with van der Waals surface area (Å²) in [5.41, 5.74) is 1.85. The molecule has 0 atom stereocenters. The van der Waals surface area contributed by atoms with Crippen LogP contribution in [0.3, 0.4) is 0 Å². The number of hydrogen-bond acceptors (Lipinski definition) is 4. The molecule has 3 aromatic rings. The summed E-state index contributed by atoms with van der Waals surface area (Å²) >= 11 is 11.2. The Bertz CT molecular complexity index is 878. The van der Waals surface area contributed by atoms with Gasteiger partial charge in [0.1, 0.15) is 5.75 Å². The Morgan fingerprint density at radius 2 is 2.08 bits per heavy atom. The number of nitrogens with one attached hydrogen (secondary N) is 2. The Kier molecular flexibility index (Phi) is 6.08. The third-order valence-electron chi connectivity index (χ3n) is 3.51. The largest absolute Gasteiger partial charge is 0.471 e. The number of benzene rings is 1. The first-order chi connectivity index (χ1) is 12.6. The molecular formula is C17H19ClN6OS. The number of aryl methyl sites for hydroxylation is 1. The van der Waals surface area contributed by atoms with E-state index >= 15 is 0 Å². The van der Waals surface area contributed by atoms with Gasteiger partial charge in [-0.25, -0.2) is 4.68 Å². The fourth-order valence-corrected chi connectivity index (χ4v) is 2.59. The van der Waals surface area contributed by atoms with Gasteiger partial charge in [-0.05, 0) is 37.3 Å². The van der Waals surface area contributed by atoms with Crippen molar-refractivity contribution in [1.29, 1.82) is 0 Å². The summed E-state index contributed by atoms with van der Waals surface area (Å²) in [6.45, 7) is 3.78. The fraction of sp³-hybridized carbons (Fsp3) is 0.235. The minimum absolute atomic E-state index is 0.276. The standard InChI is InChI=1S/C17H19ClN6OS/c1-2-23-10-13(8-20-23)7-19-17(26)22-15-9-21-24(11-15)12-25-16-5-3-4-14(18)6-16/h3-6,8-11H,2,7,12H2,1H3,(H2,19,22,26). The summed E-state index contributed by atoms with van der Waals surface area (Å²) in [6, 6.07) is 7.23. The molecule has 0 saturated carbocycles. The molecule has 0 aliphatic heterocycles. The van der Waals surface area contributed by atoms with Crippen LogP contribution < -0.4 is 15.4 Å². The van der Waals surface area contributed by atoms with Gasteiger partial charge >= 0.3 is 0 Å². The summed E-state index contributed by atoms with van der Waals surface area (Å²) in [4.78, 5) is 0. The molecule has 0 bridgehead atoms. The lowest BCUT2D eigenvalue weighted by molar-refractivity contribution is 0.221. The molecule has 0 fully saturated rings. The van der Waals surface area contributed by atoms with E-state index in [1.54, 1.807) is 23.0 Å². The smallest absolute Gasteiger partial charge is 0.180 e. The quantitative estimate of drug-likeness (QED) is 0.603. The van der Waals surface area contributed by atoms with Crippen LogP contribution in [0.4, 0.5) is 5.69 Å². The van der Waals surface area contributed by atoms with Crippen molar-refractivity contribution >= 4 is 34.6 Å². The van der Waals surface area contributed by atoms with Crippen LogP contribution in [0, 0.1) is 0 Å². The second-order valence-corrected chi connectivity index (χ2v) is 6.36. The molecule has 0 aliphatic rings. The number of ether oxygens (including phenoxy) is 1. The van der Waals surface area contributed by atoms with Crippen molar-refractivity contribution in [2.45, 2.75) is 26.7 Å². The molecule has 136 valence electrons. The van der Waals surface area contributed by atoms with Gasteiger partial charge in [0, 0.05) is 29.9 Å². The van der Waals surface area contributed by atoms with Crippen LogP contribution in [-0.2, 0) is 19.8 Å². The molecule has 7 nitrogen and oxygen atoms in total. The van der Waals surface area contributed by atoms with Crippen molar-refractivity contribution < 1.29 is 4.74 Å². The predicted molar refractivity (Wildman–Crippen MR) is 105 cm³/mol. The van der Waals surface area contributed by atoms with Crippen LogP contribution in [0.2, 0.25) is 5.02 Å². The molecule has 2 N–H and O–H groups in total. The average molecular weight is 391 g/mol. The summed E-state index contributed by atoms with van der Waals surface area (Å²) in [5.74, 6) is 0.687. The first kappa shape index (κ1) is 18.2. The molecule has 0 unspecified atom stereocenters. The summed E-state index contributed by atoms with van der Waals surface area (Å²) in [5, 5.41) is 15.8. The third-order valence-corrected chi connectivity index (χ3v) is 4.00. The Labute approximate surface area is 161 Å². The highest BCUT2D eigenvalue weighted by atomic mass is 35.5. The molecule has 3 rings (SSSR count). The maximum atomic E-state index is 5.93. The van der Waals surface area contributed by atoms with Crippen molar-refractivity contribution in [1.82, 2.24) is 24.9 Å². The van der Waals surface area contributed by atoms with Crippen LogP contribution >= 0.6 is 23.8 Å². The Balaban J connectivity index is 1.45. The number of halogens is 1. The first-order valence-electron chi connectivity index (χ1n) is 8.09. The fourth-order valence-electron chi connectivity index (χ4n) is 2.22. The van der Waals surface area contributed by atoms with E-state index in [0.29, 0.717) is 22.4 Å². The minimum atomic E-state index is 0.276. The topological polar surface area (TPSA) is 68.9 Å². The maximum absolute atomic E-state index is 5.93. The van der Waals surface area contributed by atoms with Crippen molar-refractivity contribution in [3.8, 4) is 5.75 Å². The number of anilines is 1. The molecular weight excluding hydrogens is 372 g/mol. The number of aromatic nitrogens is 4. The van der Waals surface area contributed by atoms with Crippen LogP contribution in [-0.4, -0.2) is 24.7 Å². The Morgan fingerprint density at radius 1 is 1.23 bits per heavy atom. The number of hydrogen-bond donors (Lipinski definition) is 2. The van der Waals surface area contributed by atoms with Gasteiger partial charge in [-0.15, -0.1) is 0 Å². The zero-order valence-electron chi connectivity index (χ0n) is 14.2. The van der Waals surface area contributed by atoms with Gasteiger partial charge in [-0.2, -0.15) is 10.2 Å². The summed E-state index contributed by atoms with van der Waals surface area (Å²) < 4.78 is 9.18. The molecule has 0 radical (unpaired) electrons. The average Bonchev–Trinajstić information content (AvgIpc) is 3.27. The second-order valence-electron chi connectivity index (χ2n) is 5.51. The van der Waals surface area contributed by atoms with Crippen molar-refractivity contribution in [2.24, 2.45) is 0 Å². The highest BCUT2D eigenvalue weighted by Gasteiger charge is 2.03. The molecule has 0 amide bonds. The zero-order chi connectivity index (χ0) is 18.4. The molecule has 2 aromatic heterocycles. The van der Waals surface area contributed by atoms with Crippen molar-refractivity contribution in [3.63, 3.8) is 0 Å². The maximum Gasteiger partial charge on any atom is 0.180 e. The number of rotatable bonds is 7. The summed E-state index contributed by atoms with van der Waals surface area (Å²) in [6.07, 6.45) is 7.31. The van der Waals surface area contributed by atoms with Gasteiger partial charge in [0.15, 0.2) is 11.8 Å². The molecule has 0 saturated heterocycles.